The summed E-state index contributed by atoms with van der Waals surface area (Å²) in [6.07, 6.45) is 4.01. The third-order valence-corrected chi connectivity index (χ3v) is 4.08. The van der Waals surface area contributed by atoms with E-state index in [1.165, 1.54) is 54.7 Å². The molecule has 0 aliphatic carbocycles. The van der Waals surface area contributed by atoms with Gasteiger partial charge in [0.2, 0.25) is 0 Å². The van der Waals surface area contributed by atoms with E-state index in [0.717, 1.165) is 0 Å². The van der Waals surface area contributed by atoms with Crippen LogP contribution in [0.25, 0.3) is 11.1 Å². The van der Waals surface area contributed by atoms with Crippen LogP contribution in [0.2, 0.25) is 0 Å². The van der Waals surface area contributed by atoms with Gasteiger partial charge in [-0.2, -0.15) is 0 Å². The maximum Gasteiger partial charge on any atom is 0.0366 e. The third-order valence-electron chi connectivity index (χ3n) is 4.08. The van der Waals surface area contributed by atoms with E-state index in [-0.39, 0.29) is 0 Å². The predicted octanol–water partition coefficient (Wildman–Crippen LogP) is 3.80. The van der Waals surface area contributed by atoms with Crippen LogP contribution in [-0.2, 0) is 6.54 Å². The van der Waals surface area contributed by atoms with Crippen molar-refractivity contribution in [3.63, 3.8) is 0 Å². The second-order valence-corrected chi connectivity index (χ2v) is 5.50. The molecule has 0 saturated carbocycles. The van der Waals surface area contributed by atoms with Gasteiger partial charge < -0.3 is 10.6 Å². The second-order valence-electron chi connectivity index (χ2n) is 5.50. The standard InChI is InChI=1S/C18H22N2/c19-14-15-5-4-6-17(13-15)16-7-9-18(10-8-16)20-11-2-1-3-12-20/h4-10,13H,1-3,11-12,14,19H2. The number of anilines is 1. The Labute approximate surface area is 121 Å². The highest BCUT2D eigenvalue weighted by Gasteiger charge is 2.10. The molecule has 2 aromatic carbocycles. The van der Waals surface area contributed by atoms with E-state index in [4.69, 9.17) is 5.73 Å². The fourth-order valence-corrected chi connectivity index (χ4v) is 2.89. The molecule has 0 aromatic heterocycles. The van der Waals surface area contributed by atoms with Gasteiger partial charge in [0, 0.05) is 25.3 Å². The van der Waals surface area contributed by atoms with Crippen LogP contribution in [0.15, 0.2) is 48.5 Å². The molecular formula is C18H22N2. The first-order valence-electron chi connectivity index (χ1n) is 7.51. The molecule has 1 fully saturated rings. The van der Waals surface area contributed by atoms with Crippen molar-refractivity contribution in [2.24, 2.45) is 5.73 Å². The van der Waals surface area contributed by atoms with Crippen LogP contribution in [0.1, 0.15) is 24.8 Å². The number of nitrogens with two attached hydrogens (primary N) is 1. The zero-order valence-corrected chi connectivity index (χ0v) is 11.9. The van der Waals surface area contributed by atoms with Crippen LogP contribution in [-0.4, -0.2) is 13.1 Å². The molecule has 20 heavy (non-hydrogen) atoms. The first kappa shape index (κ1) is 13.2. The molecule has 1 aliphatic rings. The maximum absolute atomic E-state index is 5.71. The molecule has 0 unspecified atom stereocenters. The Morgan fingerprint density at radius 2 is 1.60 bits per heavy atom. The first-order valence-corrected chi connectivity index (χ1v) is 7.51. The van der Waals surface area contributed by atoms with Crippen LogP contribution in [0, 0.1) is 0 Å². The molecule has 1 aliphatic heterocycles. The Kier molecular flexibility index (Phi) is 4.03. The summed E-state index contributed by atoms with van der Waals surface area (Å²) in [4.78, 5) is 2.49. The Balaban J connectivity index is 1.81. The van der Waals surface area contributed by atoms with Crippen LogP contribution in [0.5, 0.6) is 0 Å². The topological polar surface area (TPSA) is 29.3 Å². The summed E-state index contributed by atoms with van der Waals surface area (Å²) < 4.78 is 0. The lowest BCUT2D eigenvalue weighted by molar-refractivity contribution is 0.578. The van der Waals surface area contributed by atoms with Crippen molar-refractivity contribution < 1.29 is 0 Å². The van der Waals surface area contributed by atoms with Gasteiger partial charge in [0.1, 0.15) is 0 Å². The molecule has 104 valence electrons. The van der Waals surface area contributed by atoms with Crippen LogP contribution in [0.3, 0.4) is 0 Å². The van der Waals surface area contributed by atoms with Crippen LogP contribution < -0.4 is 10.6 Å². The van der Waals surface area contributed by atoms with E-state index in [1.54, 1.807) is 0 Å². The maximum atomic E-state index is 5.71. The van der Waals surface area contributed by atoms with Crippen molar-refractivity contribution >= 4 is 5.69 Å². The molecule has 0 spiro atoms. The summed E-state index contributed by atoms with van der Waals surface area (Å²) in [5.74, 6) is 0. The smallest absolute Gasteiger partial charge is 0.0366 e. The highest BCUT2D eigenvalue weighted by atomic mass is 15.1. The Morgan fingerprint density at radius 3 is 2.30 bits per heavy atom. The monoisotopic (exact) mass is 266 g/mol. The lowest BCUT2D eigenvalue weighted by Crippen LogP contribution is -2.29. The molecule has 1 heterocycles. The molecule has 0 radical (unpaired) electrons. The van der Waals surface area contributed by atoms with E-state index >= 15 is 0 Å². The number of hydrogen-bond acceptors (Lipinski definition) is 2. The molecule has 0 atom stereocenters. The minimum absolute atomic E-state index is 0.597. The predicted molar refractivity (Wildman–Crippen MR) is 85.8 cm³/mol. The van der Waals surface area contributed by atoms with E-state index in [1.807, 2.05) is 0 Å². The lowest BCUT2D eigenvalue weighted by atomic mass is 10.0. The minimum atomic E-state index is 0.597. The molecule has 2 aromatic rings. The normalized spacial score (nSPS) is 15.3. The summed E-state index contributed by atoms with van der Waals surface area (Å²) in [5.41, 5.74) is 10.8. The highest BCUT2D eigenvalue weighted by molar-refractivity contribution is 5.67. The number of hydrogen-bond donors (Lipinski definition) is 1. The van der Waals surface area contributed by atoms with Crippen molar-refractivity contribution in [1.82, 2.24) is 0 Å². The van der Waals surface area contributed by atoms with Crippen molar-refractivity contribution in [2.45, 2.75) is 25.8 Å². The molecule has 1 saturated heterocycles. The van der Waals surface area contributed by atoms with E-state index < -0.39 is 0 Å². The second kappa shape index (κ2) is 6.10. The van der Waals surface area contributed by atoms with E-state index in [2.05, 4.69) is 53.4 Å². The fourth-order valence-electron chi connectivity index (χ4n) is 2.89. The zero-order chi connectivity index (χ0) is 13.8. The van der Waals surface area contributed by atoms with Crippen molar-refractivity contribution in [1.29, 1.82) is 0 Å². The summed E-state index contributed by atoms with van der Waals surface area (Å²) in [6.45, 7) is 2.99. The van der Waals surface area contributed by atoms with Gasteiger partial charge in [-0.25, -0.2) is 0 Å². The number of nitrogens with zero attached hydrogens (tertiary/aromatic N) is 1. The minimum Gasteiger partial charge on any atom is -0.372 e. The molecular weight excluding hydrogens is 244 g/mol. The average molecular weight is 266 g/mol. The fraction of sp³-hybridized carbons (Fsp3) is 0.333. The van der Waals surface area contributed by atoms with Gasteiger partial charge in [-0.1, -0.05) is 30.3 Å². The van der Waals surface area contributed by atoms with E-state index in [0.29, 0.717) is 6.54 Å². The summed E-state index contributed by atoms with van der Waals surface area (Å²) in [6, 6.07) is 17.4. The van der Waals surface area contributed by atoms with Gasteiger partial charge in [0.05, 0.1) is 0 Å². The lowest BCUT2D eigenvalue weighted by Gasteiger charge is -2.28. The number of benzene rings is 2. The molecule has 2 heteroatoms. The van der Waals surface area contributed by atoms with Crippen molar-refractivity contribution in [2.75, 3.05) is 18.0 Å². The zero-order valence-electron chi connectivity index (χ0n) is 11.9. The first-order chi connectivity index (χ1) is 9.86. The quantitative estimate of drug-likeness (QED) is 0.915. The average Bonchev–Trinajstić information content (AvgIpc) is 2.56. The molecule has 2 N–H and O–H groups in total. The van der Waals surface area contributed by atoms with Crippen molar-refractivity contribution in [3.8, 4) is 11.1 Å². The highest BCUT2D eigenvalue weighted by Crippen LogP contribution is 2.25. The van der Waals surface area contributed by atoms with Gasteiger partial charge in [0.15, 0.2) is 0 Å². The summed E-state index contributed by atoms with van der Waals surface area (Å²) >= 11 is 0. The molecule has 0 bridgehead atoms. The number of piperidine rings is 1. The van der Waals surface area contributed by atoms with Gasteiger partial charge >= 0.3 is 0 Å². The summed E-state index contributed by atoms with van der Waals surface area (Å²) in [7, 11) is 0. The van der Waals surface area contributed by atoms with Crippen LogP contribution in [0.4, 0.5) is 5.69 Å². The Hall–Kier alpha value is -1.80. The number of rotatable bonds is 3. The van der Waals surface area contributed by atoms with Gasteiger partial charge in [-0.05, 0) is 54.2 Å². The molecule has 2 nitrogen and oxygen atoms in total. The van der Waals surface area contributed by atoms with Gasteiger partial charge in [0.25, 0.3) is 0 Å². The van der Waals surface area contributed by atoms with Gasteiger partial charge in [-0.3, -0.25) is 0 Å². The Bertz CT molecular complexity index is 554. The third kappa shape index (κ3) is 2.86. The molecule has 0 amide bonds. The largest absolute Gasteiger partial charge is 0.372 e. The SMILES string of the molecule is NCc1cccc(-c2ccc(N3CCCCC3)cc2)c1. The Morgan fingerprint density at radius 1 is 0.850 bits per heavy atom. The van der Waals surface area contributed by atoms with E-state index in [9.17, 15) is 0 Å². The van der Waals surface area contributed by atoms with Crippen molar-refractivity contribution in [3.05, 3.63) is 54.1 Å². The molecule has 3 rings (SSSR count). The summed E-state index contributed by atoms with van der Waals surface area (Å²) in [5, 5.41) is 0. The van der Waals surface area contributed by atoms with Crippen LogP contribution >= 0.6 is 0 Å². The van der Waals surface area contributed by atoms with Gasteiger partial charge in [-0.15, -0.1) is 0 Å².